The van der Waals surface area contributed by atoms with Crippen molar-refractivity contribution in [2.75, 3.05) is 19.8 Å². The van der Waals surface area contributed by atoms with Crippen molar-refractivity contribution >= 4 is 5.91 Å². The fraction of sp³-hybridized carbons (Fsp3) is 0.533. The standard InChI is InChI=1S/C15H20F3NO2/c1-11(2)10-21-9-3-8-19-14(20)12-4-6-13(7-5-12)15(16,17)18/h4-7,11H,3,8-10H2,1-2H3,(H,19,20). The molecule has 0 aliphatic rings. The van der Waals surface area contributed by atoms with Crippen molar-refractivity contribution in [1.29, 1.82) is 0 Å². The van der Waals surface area contributed by atoms with Crippen molar-refractivity contribution in [2.45, 2.75) is 26.4 Å². The summed E-state index contributed by atoms with van der Waals surface area (Å²) in [4.78, 5) is 11.7. The van der Waals surface area contributed by atoms with Crippen LogP contribution in [0.1, 0.15) is 36.2 Å². The number of alkyl halides is 3. The van der Waals surface area contributed by atoms with Gasteiger partial charge in [0, 0.05) is 25.3 Å². The lowest BCUT2D eigenvalue weighted by Crippen LogP contribution is -2.25. The molecule has 1 N–H and O–H groups in total. The molecule has 21 heavy (non-hydrogen) atoms. The van der Waals surface area contributed by atoms with Gasteiger partial charge in [0.2, 0.25) is 0 Å². The van der Waals surface area contributed by atoms with Crippen LogP contribution in [0.15, 0.2) is 24.3 Å². The first-order valence-electron chi connectivity index (χ1n) is 6.84. The van der Waals surface area contributed by atoms with E-state index in [0.29, 0.717) is 32.1 Å². The first-order valence-corrected chi connectivity index (χ1v) is 6.84. The number of rotatable bonds is 7. The summed E-state index contributed by atoms with van der Waals surface area (Å²) in [6.45, 7) is 5.75. The lowest BCUT2D eigenvalue weighted by atomic mass is 10.1. The minimum absolute atomic E-state index is 0.214. The molecule has 0 fully saturated rings. The summed E-state index contributed by atoms with van der Waals surface area (Å²) < 4.78 is 42.5. The number of carbonyl (C=O) groups excluding carboxylic acids is 1. The Morgan fingerprint density at radius 3 is 2.38 bits per heavy atom. The van der Waals surface area contributed by atoms with Crippen LogP contribution in [-0.2, 0) is 10.9 Å². The van der Waals surface area contributed by atoms with Gasteiger partial charge in [0.15, 0.2) is 0 Å². The molecule has 0 heterocycles. The van der Waals surface area contributed by atoms with Crippen molar-refractivity contribution in [1.82, 2.24) is 5.32 Å². The molecule has 118 valence electrons. The quantitative estimate of drug-likeness (QED) is 0.783. The summed E-state index contributed by atoms with van der Waals surface area (Å²) in [6, 6.07) is 4.15. The molecule has 0 aromatic heterocycles. The smallest absolute Gasteiger partial charge is 0.381 e. The molecule has 1 aromatic rings. The van der Waals surface area contributed by atoms with E-state index in [-0.39, 0.29) is 11.5 Å². The van der Waals surface area contributed by atoms with Crippen molar-refractivity contribution in [3.8, 4) is 0 Å². The zero-order valence-corrected chi connectivity index (χ0v) is 12.2. The van der Waals surface area contributed by atoms with E-state index in [9.17, 15) is 18.0 Å². The maximum atomic E-state index is 12.4. The second-order valence-electron chi connectivity index (χ2n) is 5.15. The van der Waals surface area contributed by atoms with E-state index in [2.05, 4.69) is 5.32 Å². The van der Waals surface area contributed by atoms with Crippen LogP contribution in [0.5, 0.6) is 0 Å². The van der Waals surface area contributed by atoms with E-state index >= 15 is 0 Å². The van der Waals surface area contributed by atoms with Gasteiger partial charge in [-0.3, -0.25) is 4.79 Å². The minimum Gasteiger partial charge on any atom is -0.381 e. The van der Waals surface area contributed by atoms with Gasteiger partial charge in [-0.05, 0) is 36.6 Å². The number of ether oxygens (including phenoxy) is 1. The highest BCUT2D eigenvalue weighted by Crippen LogP contribution is 2.28. The van der Waals surface area contributed by atoms with Crippen LogP contribution in [0.2, 0.25) is 0 Å². The van der Waals surface area contributed by atoms with Crippen molar-refractivity contribution < 1.29 is 22.7 Å². The predicted octanol–water partition coefficient (Wildman–Crippen LogP) is 3.50. The fourth-order valence-electron chi connectivity index (χ4n) is 1.61. The highest BCUT2D eigenvalue weighted by molar-refractivity contribution is 5.94. The van der Waals surface area contributed by atoms with Gasteiger partial charge in [0.1, 0.15) is 0 Å². The molecule has 0 saturated heterocycles. The lowest BCUT2D eigenvalue weighted by molar-refractivity contribution is -0.137. The van der Waals surface area contributed by atoms with E-state index < -0.39 is 11.7 Å². The molecular formula is C15H20F3NO2. The maximum absolute atomic E-state index is 12.4. The van der Waals surface area contributed by atoms with Crippen LogP contribution in [0.3, 0.4) is 0 Å². The van der Waals surface area contributed by atoms with E-state index in [1.165, 1.54) is 12.1 Å². The zero-order chi connectivity index (χ0) is 15.9. The number of hydrogen-bond donors (Lipinski definition) is 1. The topological polar surface area (TPSA) is 38.3 Å². The van der Waals surface area contributed by atoms with E-state index in [1.54, 1.807) is 0 Å². The number of benzene rings is 1. The summed E-state index contributed by atoms with van der Waals surface area (Å²) >= 11 is 0. The summed E-state index contributed by atoms with van der Waals surface area (Å²) in [5, 5.41) is 2.65. The Balaban J connectivity index is 2.32. The van der Waals surface area contributed by atoms with Crippen LogP contribution in [0.4, 0.5) is 13.2 Å². The number of hydrogen-bond acceptors (Lipinski definition) is 2. The number of carbonyl (C=O) groups is 1. The molecule has 0 radical (unpaired) electrons. The van der Waals surface area contributed by atoms with Gasteiger partial charge < -0.3 is 10.1 Å². The van der Waals surface area contributed by atoms with E-state index in [0.717, 1.165) is 12.1 Å². The highest BCUT2D eigenvalue weighted by Gasteiger charge is 2.30. The largest absolute Gasteiger partial charge is 0.416 e. The predicted molar refractivity (Wildman–Crippen MR) is 74.1 cm³/mol. The molecule has 0 aliphatic heterocycles. The first kappa shape index (κ1) is 17.5. The molecule has 1 amide bonds. The van der Waals surface area contributed by atoms with Crippen LogP contribution in [0, 0.1) is 5.92 Å². The molecule has 3 nitrogen and oxygen atoms in total. The molecule has 0 spiro atoms. The molecular weight excluding hydrogens is 283 g/mol. The van der Waals surface area contributed by atoms with Crippen LogP contribution >= 0.6 is 0 Å². The second kappa shape index (κ2) is 8.02. The van der Waals surface area contributed by atoms with Crippen LogP contribution in [0.25, 0.3) is 0 Å². The summed E-state index contributed by atoms with van der Waals surface area (Å²) in [5.41, 5.74) is -0.549. The Hall–Kier alpha value is -1.56. The Kier molecular flexibility index (Phi) is 6.68. The molecule has 0 bridgehead atoms. The molecule has 0 unspecified atom stereocenters. The van der Waals surface area contributed by atoms with Crippen molar-refractivity contribution in [2.24, 2.45) is 5.92 Å². The average Bonchev–Trinajstić information content (AvgIpc) is 2.41. The third kappa shape index (κ3) is 6.62. The summed E-state index contributed by atoms with van der Waals surface area (Å²) in [7, 11) is 0. The SMILES string of the molecule is CC(C)COCCCNC(=O)c1ccc(C(F)(F)F)cc1. The fourth-order valence-corrected chi connectivity index (χ4v) is 1.61. The Labute approximate surface area is 122 Å². The monoisotopic (exact) mass is 303 g/mol. The lowest BCUT2D eigenvalue weighted by Gasteiger charge is -2.09. The van der Waals surface area contributed by atoms with Gasteiger partial charge >= 0.3 is 6.18 Å². The van der Waals surface area contributed by atoms with Gasteiger partial charge in [-0.25, -0.2) is 0 Å². The van der Waals surface area contributed by atoms with Crippen LogP contribution < -0.4 is 5.32 Å². The van der Waals surface area contributed by atoms with E-state index in [4.69, 9.17) is 4.74 Å². The second-order valence-corrected chi connectivity index (χ2v) is 5.15. The van der Waals surface area contributed by atoms with Gasteiger partial charge in [0.05, 0.1) is 5.56 Å². The van der Waals surface area contributed by atoms with Gasteiger partial charge in [-0.2, -0.15) is 13.2 Å². The van der Waals surface area contributed by atoms with Gasteiger partial charge in [0.25, 0.3) is 5.91 Å². The molecule has 0 saturated carbocycles. The van der Waals surface area contributed by atoms with Crippen molar-refractivity contribution in [3.63, 3.8) is 0 Å². The minimum atomic E-state index is -4.39. The zero-order valence-electron chi connectivity index (χ0n) is 12.2. The molecule has 1 rings (SSSR count). The molecule has 0 atom stereocenters. The average molecular weight is 303 g/mol. The number of halogens is 3. The third-order valence-corrected chi connectivity index (χ3v) is 2.68. The normalized spacial score (nSPS) is 11.7. The molecule has 1 aromatic carbocycles. The van der Waals surface area contributed by atoms with Crippen LogP contribution in [-0.4, -0.2) is 25.7 Å². The first-order chi connectivity index (χ1) is 9.80. The number of nitrogens with one attached hydrogen (secondary N) is 1. The Morgan fingerprint density at radius 1 is 1.24 bits per heavy atom. The molecule has 0 aliphatic carbocycles. The summed E-state index contributed by atoms with van der Waals surface area (Å²) in [6.07, 6.45) is -3.72. The Bertz CT molecular complexity index is 441. The molecule has 6 heteroatoms. The Morgan fingerprint density at radius 2 is 1.86 bits per heavy atom. The van der Waals surface area contributed by atoms with Crippen molar-refractivity contribution in [3.05, 3.63) is 35.4 Å². The highest BCUT2D eigenvalue weighted by atomic mass is 19.4. The van der Waals surface area contributed by atoms with Gasteiger partial charge in [-0.1, -0.05) is 13.8 Å². The van der Waals surface area contributed by atoms with E-state index in [1.807, 2.05) is 13.8 Å². The summed E-state index contributed by atoms with van der Waals surface area (Å²) in [5.74, 6) is 0.0827. The van der Waals surface area contributed by atoms with Gasteiger partial charge in [-0.15, -0.1) is 0 Å². The maximum Gasteiger partial charge on any atom is 0.416 e. The number of amides is 1. The third-order valence-electron chi connectivity index (χ3n) is 2.68.